The fourth-order valence-corrected chi connectivity index (χ4v) is 4.31. The summed E-state index contributed by atoms with van der Waals surface area (Å²) in [4.78, 5) is 12.5. The molecule has 0 saturated heterocycles. The second kappa shape index (κ2) is 8.41. The van der Waals surface area contributed by atoms with Gasteiger partial charge in [0.2, 0.25) is 6.04 Å². The minimum atomic E-state index is -0.212. The summed E-state index contributed by atoms with van der Waals surface area (Å²) in [7, 11) is 0. The van der Waals surface area contributed by atoms with E-state index in [-0.39, 0.29) is 5.91 Å². The van der Waals surface area contributed by atoms with E-state index in [0.717, 1.165) is 20.5 Å². The molecule has 0 bridgehead atoms. The van der Waals surface area contributed by atoms with Gasteiger partial charge in [-0.05, 0) is 52.3 Å². The van der Waals surface area contributed by atoms with Crippen LogP contribution in [0.5, 0.6) is 0 Å². The van der Waals surface area contributed by atoms with Gasteiger partial charge in [0.15, 0.2) is 0 Å². The second-order valence-electron chi connectivity index (χ2n) is 6.57. The van der Waals surface area contributed by atoms with Gasteiger partial charge in [-0.2, -0.15) is 5.26 Å². The maximum Gasteiger partial charge on any atom is 0.537 e. The first-order valence-corrected chi connectivity index (χ1v) is 11.1. The predicted molar refractivity (Wildman–Crippen MR) is 121 cm³/mol. The fraction of sp³-hybridized carbons (Fsp3) is 0.0870. The molecule has 7 heteroatoms. The number of thioether (sulfide) groups is 1. The van der Waals surface area contributed by atoms with Gasteiger partial charge in [0, 0.05) is 34.7 Å². The second-order valence-corrected chi connectivity index (χ2v) is 8.58. The van der Waals surface area contributed by atoms with Crippen LogP contribution in [0.3, 0.4) is 0 Å². The molecule has 0 radical (unpaired) electrons. The van der Waals surface area contributed by atoms with Crippen LogP contribution >= 0.6 is 23.1 Å². The predicted octanol–water partition coefficient (Wildman–Crippen LogP) is 2.13. The molecule has 0 aliphatic carbocycles. The number of rotatable bonds is 3. The van der Waals surface area contributed by atoms with Gasteiger partial charge < -0.3 is 5.32 Å². The van der Waals surface area contributed by atoms with E-state index in [9.17, 15) is 10.1 Å². The lowest BCUT2D eigenvalue weighted by molar-refractivity contribution is 0.102. The van der Waals surface area contributed by atoms with Crippen molar-refractivity contribution < 1.29 is 4.79 Å². The average Bonchev–Trinajstić information content (AvgIpc) is 3.38. The van der Waals surface area contributed by atoms with Crippen molar-refractivity contribution in [2.45, 2.75) is 11.1 Å². The first-order chi connectivity index (χ1) is 14.6. The number of thiophene rings is 1. The topological polar surface area (TPSA) is 70.0 Å². The molecule has 4 rings (SSSR count). The quantitative estimate of drug-likeness (QED) is 0.301. The van der Waals surface area contributed by atoms with Gasteiger partial charge in [-0.15, -0.1) is 23.1 Å². The fourth-order valence-electron chi connectivity index (χ4n) is 2.92. The van der Waals surface area contributed by atoms with Crippen LogP contribution in [0.25, 0.3) is 0 Å². The molecule has 0 unspecified atom stereocenters. The summed E-state index contributed by atoms with van der Waals surface area (Å²) in [5.41, 5.74) is 3.33. The number of carbonyl (C=O) groups is 1. The highest BCUT2D eigenvalue weighted by Gasteiger charge is 2.18. The van der Waals surface area contributed by atoms with E-state index in [1.54, 1.807) is 40.9 Å². The van der Waals surface area contributed by atoms with Gasteiger partial charge >= 0.3 is 17.1 Å². The molecular weight excluding hydrogens is 412 g/mol. The van der Waals surface area contributed by atoms with Crippen LogP contribution in [-0.2, 0) is 0 Å². The number of benzene rings is 2. The zero-order valence-corrected chi connectivity index (χ0v) is 17.9. The van der Waals surface area contributed by atoms with Crippen LogP contribution in [0.1, 0.15) is 27.0 Å². The lowest BCUT2D eigenvalue weighted by Gasteiger charge is -2.05. The van der Waals surface area contributed by atoms with Crippen LogP contribution in [0.4, 0.5) is 5.69 Å². The van der Waals surface area contributed by atoms with Gasteiger partial charge in [0.25, 0.3) is 5.91 Å². The Labute approximate surface area is 181 Å². The molecule has 0 saturated carbocycles. The molecule has 3 aromatic rings. The minimum absolute atomic E-state index is 0.212. The first kappa shape index (κ1) is 19.7. The summed E-state index contributed by atoms with van der Waals surface area (Å²) in [5, 5.41) is 15.8. The third-order valence-electron chi connectivity index (χ3n) is 4.38. The van der Waals surface area contributed by atoms with Gasteiger partial charge in [0.1, 0.15) is 0 Å². The minimum Gasteiger partial charge on any atom is -0.322 e. The van der Waals surface area contributed by atoms with E-state index in [4.69, 9.17) is 0 Å². The Hall–Kier alpha value is -3.61. The molecule has 5 nitrogen and oxygen atoms in total. The number of carbonyl (C=O) groups excluding carboxylic acids is 1. The highest BCUT2D eigenvalue weighted by molar-refractivity contribution is 8.00. The largest absolute Gasteiger partial charge is 0.537 e. The third-order valence-corrected chi connectivity index (χ3v) is 6.41. The van der Waals surface area contributed by atoms with Crippen LogP contribution in [0.15, 0.2) is 52.1 Å². The van der Waals surface area contributed by atoms with Crippen molar-refractivity contribution in [1.29, 1.82) is 5.26 Å². The Morgan fingerprint density at radius 1 is 1.20 bits per heavy atom. The van der Waals surface area contributed by atoms with E-state index in [1.807, 2.05) is 42.8 Å². The summed E-state index contributed by atoms with van der Waals surface area (Å²) in [6.07, 6.45) is 3.65. The summed E-state index contributed by atoms with van der Waals surface area (Å²) in [6, 6.07) is 18.1. The van der Waals surface area contributed by atoms with Crippen molar-refractivity contribution >= 4 is 41.0 Å². The molecule has 1 aromatic heterocycles. The van der Waals surface area contributed by atoms with Gasteiger partial charge in [-0.3, -0.25) is 4.79 Å². The molecule has 0 atom stereocenters. The van der Waals surface area contributed by atoms with Crippen LogP contribution in [-0.4, -0.2) is 18.5 Å². The lowest BCUT2D eigenvalue weighted by atomic mass is 10.1. The standard InChI is InChI=1S/C23H15N4OS2/c1-15-3-4-21-20(7-15)25-14-27(21)6-5-16-8-17(12-24)10-19(9-16)26-23(28)18-11-22(29-2)30-13-18/h3-4,7-11,13-14H,1-2H3/q+1/p+1. The van der Waals surface area contributed by atoms with E-state index in [2.05, 4.69) is 28.0 Å². The smallest absolute Gasteiger partial charge is 0.322 e. The molecule has 1 aliphatic heterocycles. The Morgan fingerprint density at radius 3 is 2.80 bits per heavy atom. The van der Waals surface area contributed by atoms with Crippen LogP contribution in [0, 0.1) is 30.2 Å². The maximum atomic E-state index is 12.5. The number of amides is 1. The number of nitriles is 1. The van der Waals surface area contributed by atoms with Crippen molar-refractivity contribution in [2.75, 3.05) is 11.6 Å². The van der Waals surface area contributed by atoms with E-state index in [0.29, 0.717) is 22.4 Å². The van der Waals surface area contributed by atoms with Crippen molar-refractivity contribution in [3.8, 4) is 18.0 Å². The van der Waals surface area contributed by atoms with Gasteiger partial charge in [-0.25, -0.2) is 0 Å². The molecule has 2 aromatic carbocycles. The number of hydrogen-bond acceptors (Lipinski definition) is 4. The monoisotopic (exact) mass is 428 g/mol. The van der Waals surface area contributed by atoms with Crippen molar-refractivity contribution in [2.24, 2.45) is 0 Å². The summed E-state index contributed by atoms with van der Waals surface area (Å²) in [6.45, 7) is 2.02. The number of fused-ring (bicyclic) bond motifs is 1. The average molecular weight is 429 g/mol. The molecule has 0 spiro atoms. The highest BCUT2D eigenvalue weighted by atomic mass is 32.2. The van der Waals surface area contributed by atoms with E-state index in [1.165, 1.54) is 11.3 Å². The SMILES string of the molecule is CSc1cc(C(=O)Nc2cc(C#N)cc(C#C[N+]3=c4ccc(C)cc4=[N+]=C3)c2)cs1. The summed E-state index contributed by atoms with van der Waals surface area (Å²) >= 11 is 3.12. The van der Waals surface area contributed by atoms with Gasteiger partial charge in [0.05, 0.1) is 21.4 Å². The number of hydrogen-bond donors (Lipinski definition) is 1. The number of nitrogens with zero attached hydrogens (tertiary/aromatic N) is 3. The Bertz CT molecular complexity index is 1440. The van der Waals surface area contributed by atoms with Crippen LogP contribution in [0.2, 0.25) is 0 Å². The molecule has 30 heavy (non-hydrogen) atoms. The zero-order valence-electron chi connectivity index (χ0n) is 16.3. The van der Waals surface area contributed by atoms with Crippen LogP contribution < -0.4 is 25.3 Å². The Kier molecular flexibility index (Phi) is 5.52. The molecule has 0 fully saturated rings. The molecular formula is C23H16N4OS2+2. The number of anilines is 1. The number of aryl methyl sites for hydroxylation is 1. The maximum absolute atomic E-state index is 12.5. The van der Waals surface area contributed by atoms with Gasteiger partial charge in [-0.1, -0.05) is 6.07 Å². The molecule has 1 amide bonds. The Morgan fingerprint density at radius 2 is 2.03 bits per heavy atom. The molecule has 2 heterocycles. The normalized spacial score (nSPS) is 11.2. The highest BCUT2D eigenvalue weighted by Crippen LogP contribution is 2.25. The van der Waals surface area contributed by atoms with Crippen molar-refractivity contribution in [3.63, 3.8) is 0 Å². The summed E-state index contributed by atoms with van der Waals surface area (Å²) < 4.78 is 7.20. The van der Waals surface area contributed by atoms with E-state index < -0.39 is 0 Å². The number of nitrogens with one attached hydrogen (secondary N) is 1. The van der Waals surface area contributed by atoms with Crippen molar-refractivity contribution in [3.05, 3.63) is 80.8 Å². The summed E-state index contributed by atoms with van der Waals surface area (Å²) in [5.74, 6) is 2.85. The lowest BCUT2D eigenvalue weighted by Crippen LogP contribution is -2.32. The first-order valence-electron chi connectivity index (χ1n) is 9.00. The zero-order chi connectivity index (χ0) is 21.1. The molecule has 1 aliphatic rings. The van der Waals surface area contributed by atoms with E-state index >= 15 is 0 Å². The molecule has 144 valence electrons. The third kappa shape index (κ3) is 4.20. The Balaban J connectivity index is 1.64. The van der Waals surface area contributed by atoms with Crippen molar-refractivity contribution in [1.82, 2.24) is 9.24 Å². The molecule has 1 N–H and O–H groups in total.